The van der Waals surface area contributed by atoms with Crippen molar-refractivity contribution in [1.82, 2.24) is 15.5 Å². The molecular formula is C24H22N4O2. The van der Waals surface area contributed by atoms with Crippen molar-refractivity contribution in [3.05, 3.63) is 102 Å². The van der Waals surface area contributed by atoms with Crippen LogP contribution in [0.25, 0.3) is 11.5 Å². The zero-order valence-corrected chi connectivity index (χ0v) is 16.6. The van der Waals surface area contributed by atoms with Crippen LogP contribution in [0.15, 0.2) is 89.3 Å². The van der Waals surface area contributed by atoms with Gasteiger partial charge in [0, 0.05) is 11.3 Å². The van der Waals surface area contributed by atoms with Gasteiger partial charge in [0.05, 0.1) is 6.54 Å². The standard InChI is InChI=1S/C24H22N4O2/c1-17-12-14-19(15-13-17)24-28-27-21(30-24)16-25-22(18-8-4-2-5-9-18)23(29)26-20-10-6-3-7-11-20/h2-15,22,25H,16H2,1H3,(H,26,29). The number of amides is 1. The van der Waals surface area contributed by atoms with Crippen LogP contribution in [0.3, 0.4) is 0 Å². The van der Waals surface area contributed by atoms with Crippen LogP contribution in [0.4, 0.5) is 5.69 Å². The van der Waals surface area contributed by atoms with Crippen LogP contribution in [0.5, 0.6) is 0 Å². The number of carbonyl (C=O) groups excluding carboxylic acids is 1. The van der Waals surface area contributed by atoms with Gasteiger partial charge in [-0.25, -0.2) is 0 Å². The third-order valence-electron chi connectivity index (χ3n) is 4.66. The third kappa shape index (κ3) is 4.79. The van der Waals surface area contributed by atoms with Gasteiger partial charge in [0.1, 0.15) is 6.04 Å². The number of benzene rings is 3. The molecule has 0 aliphatic heterocycles. The molecule has 1 heterocycles. The number of para-hydroxylation sites is 1. The van der Waals surface area contributed by atoms with Crippen LogP contribution in [-0.2, 0) is 11.3 Å². The van der Waals surface area contributed by atoms with Gasteiger partial charge in [0.2, 0.25) is 17.7 Å². The largest absolute Gasteiger partial charge is 0.419 e. The molecule has 0 saturated heterocycles. The van der Waals surface area contributed by atoms with E-state index in [4.69, 9.17) is 4.42 Å². The van der Waals surface area contributed by atoms with Crippen molar-refractivity contribution in [3.8, 4) is 11.5 Å². The number of aromatic nitrogens is 2. The summed E-state index contributed by atoms with van der Waals surface area (Å²) in [7, 11) is 0. The second-order valence-electron chi connectivity index (χ2n) is 6.95. The number of rotatable bonds is 7. The highest BCUT2D eigenvalue weighted by Crippen LogP contribution is 2.20. The van der Waals surface area contributed by atoms with Crippen LogP contribution >= 0.6 is 0 Å². The van der Waals surface area contributed by atoms with Gasteiger partial charge >= 0.3 is 0 Å². The fraction of sp³-hybridized carbons (Fsp3) is 0.125. The Balaban J connectivity index is 1.48. The molecule has 0 bridgehead atoms. The molecule has 6 heteroatoms. The fourth-order valence-corrected chi connectivity index (χ4v) is 3.07. The van der Waals surface area contributed by atoms with E-state index < -0.39 is 6.04 Å². The van der Waals surface area contributed by atoms with Gasteiger partial charge in [-0.15, -0.1) is 10.2 Å². The number of carbonyl (C=O) groups is 1. The summed E-state index contributed by atoms with van der Waals surface area (Å²) in [6, 6.07) is 26.2. The number of nitrogens with zero attached hydrogens (tertiary/aromatic N) is 2. The number of anilines is 1. The molecule has 0 aliphatic carbocycles. The number of hydrogen-bond donors (Lipinski definition) is 2. The van der Waals surface area contributed by atoms with E-state index in [1.54, 1.807) is 0 Å². The second-order valence-corrected chi connectivity index (χ2v) is 6.95. The van der Waals surface area contributed by atoms with Crippen LogP contribution in [0.2, 0.25) is 0 Å². The molecule has 4 aromatic rings. The third-order valence-corrected chi connectivity index (χ3v) is 4.66. The Hall–Kier alpha value is -3.77. The van der Waals surface area contributed by atoms with Crippen LogP contribution in [0, 0.1) is 6.92 Å². The van der Waals surface area contributed by atoms with E-state index in [2.05, 4.69) is 20.8 Å². The molecule has 1 amide bonds. The molecule has 1 aromatic heterocycles. The van der Waals surface area contributed by atoms with Crippen LogP contribution in [0.1, 0.15) is 23.1 Å². The van der Waals surface area contributed by atoms with Crippen molar-refractivity contribution in [2.45, 2.75) is 19.5 Å². The van der Waals surface area contributed by atoms with Gasteiger partial charge in [-0.2, -0.15) is 0 Å². The molecule has 4 rings (SSSR count). The zero-order chi connectivity index (χ0) is 20.8. The Labute approximate surface area is 175 Å². The first kappa shape index (κ1) is 19.5. The minimum Gasteiger partial charge on any atom is -0.419 e. The Bertz CT molecular complexity index is 1090. The summed E-state index contributed by atoms with van der Waals surface area (Å²) in [4.78, 5) is 13.0. The highest BCUT2D eigenvalue weighted by Gasteiger charge is 2.21. The summed E-state index contributed by atoms with van der Waals surface area (Å²) in [5.74, 6) is 0.710. The van der Waals surface area contributed by atoms with Crippen molar-refractivity contribution in [2.75, 3.05) is 5.32 Å². The average Bonchev–Trinajstić information content (AvgIpc) is 3.25. The van der Waals surface area contributed by atoms with E-state index in [1.807, 2.05) is 91.9 Å². The summed E-state index contributed by atoms with van der Waals surface area (Å²) >= 11 is 0. The highest BCUT2D eigenvalue weighted by molar-refractivity contribution is 5.95. The maximum absolute atomic E-state index is 13.0. The Morgan fingerprint density at radius 2 is 1.57 bits per heavy atom. The topological polar surface area (TPSA) is 80.0 Å². The van der Waals surface area contributed by atoms with Crippen LogP contribution < -0.4 is 10.6 Å². The number of aryl methyl sites for hydroxylation is 1. The van der Waals surface area contributed by atoms with E-state index in [9.17, 15) is 4.79 Å². The maximum Gasteiger partial charge on any atom is 0.247 e. The van der Waals surface area contributed by atoms with Gasteiger partial charge < -0.3 is 9.73 Å². The first-order valence-electron chi connectivity index (χ1n) is 9.73. The maximum atomic E-state index is 13.0. The fourth-order valence-electron chi connectivity index (χ4n) is 3.07. The Morgan fingerprint density at radius 3 is 2.27 bits per heavy atom. The first-order chi connectivity index (χ1) is 14.7. The summed E-state index contributed by atoms with van der Waals surface area (Å²) in [6.45, 7) is 2.29. The van der Waals surface area contributed by atoms with Crippen molar-refractivity contribution in [1.29, 1.82) is 0 Å². The van der Waals surface area contributed by atoms with Gasteiger partial charge in [-0.1, -0.05) is 66.2 Å². The summed E-state index contributed by atoms with van der Waals surface area (Å²) < 4.78 is 5.78. The molecule has 6 nitrogen and oxygen atoms in total. The molecule has 0 aliphatic rings. The molecule has 0 radical (unpaired) electrons. The lowest BCUT2D eigenvalue weighted by Gasteiger charge is -2.18. The summed E-state index contributed by atoms with van der Waals surface area (Å²) in [6.07, 6.45) is 0. The highest BCUT2D eigenvalue weighted by atomic mass is 16.4. The van der Waals surface area contributed by atoms with Crippen molar-refractivity contribution in [2.24, 2.45) is 0 Å². The van der Waals surface area contributed by atoms with Gasteiger partial charge in [-0.05, 0) is 36.8 Å². The average molecular weight is 398 g/mol. The molecule has 0 saturated carbocycles. The molecule has 1 atom stereocenters. The van der Waals surface area contributed by atoms with Gasteiger partial charge in [-0.3, -0.25) is 10.1 Å². The van der Waals surface area contributed by atoms with E-state index in [-0.39, 0.29) is 12.5 Å². The number of nitrogens with one attached hydrogen (secondary N) is 2. The van der Waals surface area contributed by atoms with Crippen molar-refractivity contribution in [3.63, 3.8) is 0 Å². The second kappa shape index (κ2) is 9.15. The normalized spacial score (nSPS) is 11.8. The molecule has 0 fully saturated rings. The molecule has 30 heavy (non-hydrogen) atoms. The molecule has 0 spiro atoms. The Morgan fingerprint density at radius 1 is 0.900 bits per heavy atom. The van der Waals surface area contributed by atoms with E-state index in [1.165, 1.54) is 0 Å². The minimum atomic E-state index is -0.568. The van der Waals surface area contributed by atoms with Crippen molar-refractivity contribution < 1.29 is 9.21 Å². The lowest BCUT2D eigenvalue weighted by atomic mass is 10.1. The zero-order valence-electron chi connectivity index (χ0n) is 16.6. The van der Waals surface area contributed by atoms with Crippen LogP contribution in [-0.4, -0.2) is 16.1 Å². The summed E-state index contributed by atoms with van der Waals surface area (Å²) in [5.41, 5.74) is 3.62. The smallest absolute Gasteiger partial charge is 0.247 e. The molecule has 150 valence electrons. The quantitative estimate of drug-likeness (QED) is 0.479. The van der Waals surface area contributed by atoms with Crippen molar-refractivity contribution >= 4 is 11.6 Å². The van der Waals surface area contributed by atoms with Gasteiger partial charge in [0.15, 0.2) is 0 Å². The lowest BCUT2D eigenvalue weighted by molar-refractivity contribution is -0.118. The van der Waals surface area contributed by atoms with Gasteiger partial charge in [0.25, 0.3) is 0 Å². The lowest BCUT2D eigenvalue weighted by Crippen LogP contribution is -2.32. The van der Waals surface area contributed by atoms with E-state index in [0.29, 0.717) is 11.8 Å². The SMILES string of the molecule is Cc1ccc(-c2nnc(CNC(C(=O)Nc3ccccc3)c3ccccc3)o2)cc1. The monoisotopic (exact) mass is 398 g/mol. The molecule has 1 unspecified atom stereocenters. The Kier molecular flexibility index (Phi) is 5.96. The molecule has 2 N–H and O–H groups in total. The molecule has 3 aromatic carbocycles. The van der Waals surface area contributed by atoms with E-state index >= 15 is 0 Å². The predicted octanol–water partition coefficient (Wildman–Crippen LogP) is 4.51. The first-order valence-corrected chi connectivity index (χ1v) is 9.73. The molecular weight excluding hydrogens is 376 g/mol. The number of hydrogen-bond acceptors (Lipinski definition) is 5. The minimum absolute atomic E-state index is 0.161. The predicted molar refractivity (Wildman–Crippen MR) is 116 cm³/mol. The van der Waals surface area contributed by atoms with E-state index in [0.717, 1.165) is 22.4 Å². The summed E-state index contributed by atoms with van der Waals surface area (Å²) in [5, 5.41) is 14.4.